The summed E-state index contributed by atoms with van der Waals surface area (Å²) in [4.78, 5) is 17.4. The maximum absolute atomic E-state index is 8.76. The third-order valence-electron chi connectivity index (χ3n) is 4.39. The molecule has 0 aliphatic rings. The number of pyridine rings is 2. The SMILES string of the molecule is Cc1ccc(-c2nc3c4cccnc4c4ncccc4c3[nH]2)cc1.O=[Se](O)O. The Hall–Kier alpha value is -3.03. The molecule has 3 aromatic heterocycles. The van der Waals surface area contributed by atoms with Crippen LogP contribution in [0.3, 0.4) is 0 Å². The standard InChI is InChI=1S/C20H14N4.H2O3Se/c1-12-6-8-13(9-7-12)20-23-18-14-4-2-10-21-16(14)17-15(19(18)24-20)5-3-11-22-17;1-4(2)3/h2-11H,1H3,(H,23,24);(H2,1,2,3). The van der Waals surface area contributed by atoms with Crippen LogP contribution in [-0.2, 0) is 3.83 Å². The van der Waals surface area contributed by atoms with Gasteiger partial charge in [0.05, 0.1) is 22.1 Å². The first kappa shape index (κ1) is 18.3. The van der Waals surface area contributed by atoms with Crippen LogP contribution in [0.2, 0.25) is 0 Å². The number of nitrogens with zero attached hydrogens (tertiary/aromatic N) is 3. The van der Waals surface area contributed by atoms with Gasteiger partial charge in [-0.15, -0.1) is 0 Å². The van der Waals surface area contributed by atoms with Gasteiger partial charge >= 0.3 is 26.7 Å². The van der Waals surface area contributed by atoms with E-state index in [1.54, 1.807) is 12.4 Å². The molecular formula is C20H16N4O3Se. The first-order valence-electron chi connectivity index (χ1n) is 8.42. The molecule has 0 fully saturated rings. The number of aryl methyl sites for hydroxylation is 1. The summed E-state index contributed by atoms with van der Waals surface area (Å²) in [6, 6.07) is 16.4. The van der Waals surface area contributed by atoms with Gasteiger partial charge < -0.3 is 4.98 Å². The second-order valence-corrected chi connectivity index (χ2v) is 7.17. The van der Waals surface area contributed by atoms with Crippen molar-refractivity contribution in [2.24, 2.45) is 0 Å². The molecule has 5 aromatic rings. The second-order valence-electron chi connectivity index (χ2n) is 6.20. The van der Waals surface area contributed by atoms with Gasteiger partial charge in [0.2, 0.25) is 0 Å². The van der Waals surface area contributed by atoms with Gasteiger partial charge in [0.1, 0.15) is 5.82 Å². The molecule has 28 heavy (non-hydrogen) atoms. The summed E-state index contributed by atoms with van der Waals surface area (Å²) in [6.07, 6.45) is 3.61. The topological polar surface area (TPSA) is 112 Å². The number of fused-ring (bicyclic) bond motifs is 6. The summed E-state index contributed by atoms with van der Waals surface area (Å²) in [5.74, 6) is 0.867. The summed E-state index contributed by atoms with van der Waals surface area (Å²) >= 11 is -3.29. The maximum atomic E-state index is 8.76. The van der Waals surface area contributed by atoms with E-state index in [0.29, 0.717) is 0 Å². The molecule has 140 valence electrons. The molecule has 3 N–H and O–H groups in total. The summed E-state index contributed by atoms with van der Waals surface area (Å²) in [5, 5.41) is 2.07. The van der Waals surface area contributed by atoms with E-state index in [1.807, 2.05) is 12.1 Å². The van der Waals surface area contributed by atoms with Crippen molar-refractivity contribution in [3.05, 3.63) is 66.5 Å². The molecule has 0 atom stereocenters. The van der Waals surface area contributed by atoms with Crippen LogP contribution in [0, 0.1) is 6.92 Å². The van der Waals surface area contributed by atoms with Crippen molar-refractivity contribution < 1.29 is 12.2 Å². The fourth-order valence-corrected chi connectivity index (χ4v) is 3.19. The van der Waals surface area contributed by atoms with Gasteiger partial charge in [0.25, 0.3) is 0 Å². The van der Waals surface area contributed by atoms with Gasteiger partial charge in [-0.05, 0) is 31.2 Å². The fraction of sp³-hybridized carbons (Fsp3) is 0.0500. The van der Waals surface area contributed by atoms with Crippen molar-refractivity contribution in [1.29, 1.82) is 0 Å². The minimum atomic E-state index is -3.29. The van der Waals surface area contributed by atoms with E-state index in [2.05, 4.69) is 58.3 Å². The molecule has 0 spiro atoms. The minimum absolute atomic E-state index is 0.867. The number of aromatic amines is 1. The van der Waals surface area contributed by atoms with Crippen molar-refractivity contribution in [3.8, 4) is 11.4 Å². The van der Waals surface area contributed by atoms with Crippen LogP contribution >= 0.6 is 0 Å². The Balaban J connectivity index is 0.000000442. The van der Waals surface area contributed by atoms with Crippen LogP contribution in [0.25, 0.3) is 44.2 Å². The van der Waals surface area contributed by atoms with Gasteiger partial charge in [0.15, 0.2) is 0 Å². The fourth-order valence-electron chi connectivity index (χ4n) is 3.19. The summed E-state index contributed by atoms with van der Waals surface area (Å²) < 4.78 is 23.1. The zero-order valence-corrected chi connectivity index (χ0v) is 16.5. The summed E-state index contributed by atoms with van der Waals surface area (Å²) in [7, 11) is 0. The number of nitrogens with one attached hydrogen (secondary N) is 1. The second kappa shape index (κ2) is 7.53. The summed E-state index contributed by atoms with van der Waals surface area (Å²) in [5.41, 5.74) is 6.05. The number of hydrogen-bond donors (Lipinski definition) is 3. The zero-order chi connectivity index (χ0) is 19.7. The van der Waals surface area contributed by atoms with Crippen LogP contribution < -0.4 is 0 Å². The van der Waals surface area contributed by atoms with Crippen LogP contribution in [0.15, 0.2) is 60.9 Å². The number of rotatable bonds is 1. The van der Waals surface area contributed by atoms with E-state index in [4.69, 9.17) is 17.2 Å². The van der Waals surface area contributed by atoms with E-state index in [-0.39, 0.29) is 0 Å². The molecule has 0 radical (unpaired) electrons. The third kappa shape index (κ3) is 3.42. The van der Waals surface area contributed by atoms with Gasteiger partial charge in [-0.3, -0.25) is 9.97 Å². The number of hydrogen-bond acceptors (Lipinski definition) is 4. The molecule has 0 saturated heterocycles. The van der Waals surface area contributed by atoms with E-state index < -0.39 is 14.5 Å². The van der Waals surface area contributed by atoms with Gasteiger partial charge in [-0.1, -0.05) is 29.8 Å². The van der Waals surface area contributed by atoms with Crippen LogP contribution in [-0.4, -0.2) is 42.8 Å². The number of H-pyrrole nitrogens is 1. The molecule has 5 rings (SSSR count). The van der Waals surface area contributed by atoms with Crippen molar-refractivity contribution in [2.45, 2.75) is 6.92 Å². The molecule has 2 aromatic carbocycles. The third-order valence-corrected chi connectivity index (χ3v) is 4.39. The molecule has 0 saturated carbocycles. The van der Waals surface area contributed by atoms with E-state index in [1.165, 1.54) is 5.56 Å². The Kier molecular flexibility index (Phi) is 4.93. The van der Waals surface area contributed by atoms with Gasteiger partial charge in [-0.25, -0.2) is 4.98 Å². The quantitative estimate of drug-likeness (QED) is 0.274. The molecule has 0 bridgehead atoms. The van der Waals surface area contributed by atoms with Gasteiger partial charge in [0, 0.05) is 28.7 Å². The predicted molar refractivity (Wildman–Crippen MR) is 108 cm³/mol. The Morgan fingerprint density at radius 1 is 0.857 bits per heavy atom. The molecule has 0 amide bonds. The normalized spacial score (nSPS) is 11.1. The van der Waals surface area contributed by atoms with Crippen molar-refractivity contribution in [3.63, 3.8) is 0 Å². The Labute approximate surface area is 164 Å². The average Bonchev–Trinajstić information content (AvgIpc) is 3.14. The first-order valence-corrected chi connectivity index (χ1v) is 10.7. The van der Waals surface area contributed by atoms with Crippen molar-refractivity contribution >= 4 is 47.3 Å². The molecule has 0 aliphatic carbocycles. The molecule has 0 aliphatic heterocycles. The number of imidazole rings is 1. The van der Waals surface area contributed by atoms with E-state index in [9.17, 15) is 0 Å². The van der Waals surface area contributed by atoms with Crippen LogP contribution in [0.4, 0.5) is 0 Å². The van der Waals surface area contributed by atoms with Crippen LogP contribution in [0.5, 0.6) is 0 Å². The summed E-state index contributed by atoms with van der Waals surface area (Å²) in [6.45, 7) is 2.08. The molecule has 3 heterocycles. The molecule has 8 heteroatoms. The van der Waals surface area contributed by atoms with Gasteiger partial charge in [-0.2, -0.15) is 0 Å². The molecular weight excluding hydrogens is 423 g/mol. The zero-order valence-electron chi connectivity index (χ0n) is 14.8. The number of aromatic nitrogens is 4. The van der Waals surface area contributed by atoms with Crippen molar-refractivity contribution in [2.75, 3.05) is 0 Å². The Morgan fingerprint density at radius 2 is 1.43 bits per heavy atom. The predicted octanol–water partition coefficient (Wildman–Crippen LogP) is 3.02. The average molecular weight is 439 g/mol. The molecule has 0 unspecified atom stereocenters. The monoisotopic (exact) mass is 440 g/mol. The Bertz CT molecular complexity index is 1240. The molecule has 7 nitrogen and oxygen atoms in total. The van der Waals surface area contributed by atoms with Crippen LogP contribution in [0.1, 0.15) is 5.56 Å². The number of benzene rings is 2. The van der Waals surface area contributed by atoms with E-state index >= 15 is 0 Å². The first-order chi connectivity index (χ1) is 13.5. The van der Waals surface area contributed by atoms with E-state index in [0.717, 1.165) is 44.2 Å². The van der Waals surface area contributed by atoms with Crippen molar-refractivity contribution in [1.82, 2.24) is 19.9 Å². The Morgan fingerprint density at radius 3 is 2.07 bits per heavy atom.